The van der Waals surface area contributed by atoms with Gasteiger partial charge >= 0.3 is 0 Å². The smallest absolute Gasteiger partial charge is 0.230 e. The van der Waals surface area contributed by atoms with E-state index in [1.807, 2.05) is 49.5 Å². The topological polar surface area (TPSA) is 20.3 Å². The lowest BCUT2D eigenvalue weighted by Crippen LogP contribution is -2.24. The fourth-order valence-electron chi connectivity index (χ4n) is 2.46. The van der Waals surface area contributed by atoms with Crippen molar-refractivity contribution in [3.63, 3.8) is 0 Å². The van der Waals surface area contributed by atoms with E-state index in [2.05, 4.69) is 18.2 Å². The molecule has 0 saturated heterocycles. The third-order valence-electron chi connectivity index (χ3n) is 3.50. The second-order valence-electron chi connectivity index (χ2n) is 4.66. The van der Waals surface area contributed by atoms with E-state index in [1.165, 1.54) is 0 Å². The normalized spacial score (nSPS) is 14.7. The molecule has 0 radical (unpaired) electrons. The van der Waals surface area contributed by atoms with Crippen molar-refractivity contribution in [2.45, 2.75) is 6.42 Å². The van der Waals surface area contributed by atoms with Gasteiger partial charge in [-0.15, -0.1) is 0 Å². The Labute approximate surface area is 113 Å². The monoisotopic (exact) mass is 249 g/mol. The molecule has 2 aromatic rings. The van der Waals surface area contributed by atoms with E-state index in [9.17, 15) is 4.79 Å². The lowest BCUT2D eigenvalue weighted by molar-refractivity contribution is -0.117. The largest absolute Gasteiger partial charge is 0.315 e. The van der Waals surface area contributed by atoms with Crippen LogP contribution in [0.1, 0.15) is 17.5 Å². The molecule has 1 aliphatic rings. The van der Waals surface area contributed by atoms with Crippen LogP contribution in [-0.2, 0) is 4.79 Å². The van der Waals surface area contributed by atoms with Crippen molar-refractivity contribution < 1.29 is 4.79 Å². The maximum absolute atomic E-state index is 12.0. The van der Waals surface area contributed by atoms with Gasteiger partial charge in [0.05, 0.1) is 5.69 Å². The van der Waals surface area contributed by atoms with Crippen molar-refractivity contribution in [3.8, 4) is 0 Å². The molecule has 1 aliphatic heterocycles. The van der Waals surface area contributed by atoms with Gasteiger partial charge in [0.15, 0.2) is 0 Å². The van der Waals surface area contributed by atoms with Gasteiger partial charge < -0.3 is 4.90 Å². The Morgan fingerprint density at radius 2 is 1.63 bits per heavy atom. The first kappa shape index (κ1) is 11.7. The van der Waals surface area contributed by atoms with Crippen molar-refractivity contribution in [1.82, 2.24) is 0 Å². The lowest BCUT2D eigenvalue weighted by Gasteiger charge is -2.18. The lowest BCUT2D eigenvalue weighted by atomic mass is 9.96. The summed E-state index contributed by atoms with van der Waals surface area (Å²) < 4.78 is 0. The zero-order chi connectivity index (χ0) is 13.2. The summed E-state index contributed by atoms with van der Waals surface area (Å²) in [4.78, 5) is 13.8. The highest BCUT2D eigenvalue weighted by molar-refractivity contribution is 6.02. The minimum atomic E-state index is 0.124. The first-order chi connectivity index (χ1) is 9.27. The van der Waals surface area contributed by atoms with E-state index in [0.717, 1.165) is 22.4 Å². The van der Waals surface area contributed by atoms with Gasteiger partial charge in [-0.1, -0.05) is 54.6 Å². The molecule has 1 amide bonds. The first-order valence-corrected chi connectivity index (χ1v) is 6.39. The summed E-state index contributed by atoms with van der Waals surface area (Å²) in [6.45, 7) is 0. The highest BCUT2D eigenvalue weighted by Gasteiger charge is 2.20. The minimum absolute atomic E-state index is 0.124. The maximum atomic E-state index is 12.0. The van der Waals surface area contributed by atoms with Crippen LogP contribution in [0.25, 0.3) is 5.57 Å². The summed E-state index contributed by atoms with van der Waals surface area (Å²) >= 11 is 0. The number of carbonyl (C=O) groups excluding carboxylic acids is 1. The molecule has 0 atom stereocenters. The average Bonchev–Trinajstić information content (AvgIpc) is 2.59. The van der Waals surface area contributed by atoms with Crippen LogP contribution in [0.5, 0.6) is 0 Å². The van der Waals surface area contributed by atoms with Crippen LogP contribution in [0, 0.1) is 0 Å². The number of rotatable bonds is 1. The van der Waals surface area contributed by atoms with Gasteiger partial charge in [-0.05, 0) is 17.2 Å². The number of para-hydroxylation sites is 1. The van der Waals surface area contributed by atoms with Gasteiger partial charge in [-0.2, -0.15) is 0 Å². The number of carbonyl (C=O) groups is 1. The summed E-state index contributed by atoms with van der Waals surface area (Å²) in [5, 5.41) is 0. The summed E-state index contributed by atoms with van der Waals surface area (Å²) in [7, 11) is 1.84. The van der Waals surface area contributed by atoms with E-state index in [1.54, 1.807) is 4.90 Å². The third kappa shape index (κ3) is 2.06. The van der Waals surface area contributed by atoms with Crippen molar-refractivity contribution >= 4 is 17.2 Å². The van der Waals surface area contributed by atoms with Gasteiger partial charge in [0.1, 0.15) is 0 Å². The van der Waals surface area contributed by atoms with Gasteiger partial charge in [-0.25, -0.2) is 0 Å². The molecule has 1 heterocycles. The second-order valence-corrected chi connectivity index (χ2v) is 4.66. The molecule has 94 valence electrons. The standard InChI is InChI=1S/C17H15NO/c1-18-16-10-6-5-9-15(16)14(11-12-17(18)19)13-7-3-2-4-8-13/h2-11H,12H2,1H3. The molecule has 0 spiro atoms. The predicted octanol–water partition coefficient (Wildman–Crippen LogP) is 3.48. The molecule has 2 heteroatoms. The van der Waals surface area contributed by atoms with Gasteiger partial charge in [0.2, 0.25) is 5.91 Å². The Kier molecular flexibility index (Phi) is 2.92. The zero-order valence-corrected chi connectivity index (χ0v) is 10.8. The Morgan fingerprint density at radius 1 is 0.947 bits per heavy atom. The summed E-state index contributed by atoms with van der Waals surface area (Å²) in [5.41, 5.74) is 4.37. The van der Waals surface area contributed by atoms with Gasteiger partial charge in [0.25, 0.3) is 0 Å². The molecule has 0 aromatic heterocycles. The zero-order valence-electron chi connectivity index (χ0n) is 10.8. The summed E-state index contributed by atoms with van der Waals surface area (Å²) in [5.74, 6) is 0.124. The molecule has 2 aromatic carbocycles. The SMILES string of the molecule is CN1C(=O)CC=C(c2ccccc2)c2ccccc21. The number of benzene rings is 2. The number of amides is 1. The molecule has 3 rings (SSSR count). The van der Waals surface area contributed by atoms with E-state index < -0.39 is 0 Å². The molecular formula is C17H15NO. The number of anilines is 1. The van der Waals surface area contributed by atoms with Crippen LogP contribution in [0.2, 0.25) is 0 Å². The summed E-state index contributed by atoms with van der Waals surface area (Å²) in [6, 6.07) is 18.3. The Morgan fingerprint density at radius 3 is 2.42 bits per heavy atom. The van der Waals surface area contributed by atoms with Crippen LogP contribution in [0.4, 0.5) is 5.69 Å². The molecule has 0 aliphatic carbocycles. The quantitative estimate of drug-likeness (QED) is 0.757. The predicted molar refractivity (Wildman–Crippen MR) is 78.0 cm³/mol. The van der Waals surface area contributed by atoms with Gasteiger partial charge in [-0.3, -0.25) is 4.79 Å². The molecule has 0 fully saturated rings. The van der Waals surface area contributed by atoms with Crippen LogP contribution in [-0.4, -0.2) is 13.0 Å². The van der Waals surface area contributed by atoms with E-state index >= 15 is 0 Å². The Balaban J connectivity index is 2.20. The van der Waals surface area contributed by atoms with Crippen molar-refractivity contribution in [1.29, 1.82) is 0 Å². The van der Waals surface area contributed by atoms with Crippen LogP contribution < -0.4 is 4.90 Å². The van der Waals surface area contributed by atoms with E-state index in [0.29, 0.717) is 6.42 Å². The van der Waals surface area contributed by atoms with Crippen LogP contribution >= 0.6 is 0 Å². The highest BCUT2D eigenvalue weighted by atomic mass is 16.2. The Hall–Kier alpha value is -2.35. The second kappa shape index (κ2) is 4.73. The minimum Gasteiger partial charge on any atom is -0.315 e. The maximum Gasteiger partial charge on any atom is 0.230 e. The van der Waals surface area contributed by atoms with Crippen molar-refractivity contribution in [2.24, 2.45) is 0 Å². The van der Waals surface area contributed by atoms with Crippen LogP contribution in [0.3, 0.4) is 0 Å². The number of nitrogens with zero attached hydrogens (tertiary/aromatic N) is 1. The van der Waals surface area contributed by atoms with E-state index in [-0.39, 0.29) is 5.91 Å². The number of fused-ring (bicyclic) bond motifs is 1. The first-order valence-electron chi connectivity index (χ1n) is 6.39. The van der Waals surface area contributed by atoms with Crippen molar-refractivity contribution in [3.05, 3.63) is 71.8 Å². The number of hydrogen-bond acceptors (Lipinski definition) is 1. The molecule has 0 saturated carbocycles. The molecular weight excluding hydrogens is 234 g/mol. The molecule has 2 nitrogen and oxygen atoms in total. The molecule has 0 unspecified atom stereocenters. The molecule has 0 bridgehead atoms. The average molecular weight is 249 g/mol. The van der Waals surface area contributed by atoms with Gasteiger partial charge in [0, 0.05) is 19.0 Å². The number of hydrogen-bond donors (Lipinski definition) is 0. The van der Waals surface area contributed by atoms with Crippen LogP contribution in [0.15, 0.2) is 60.7 Å². The molecule has 19 heavy (non-hydrogen) atoms. The van der Waals surface area contributed by atoms with Crippen molar-refractivity contribution in [2.75, 3.05) is 11.9 Å². The third-order valence-corrected chi connectivity index (χ3v) is 3.50. The fraction of sp³-hybridized carbons (Fsp3) is 0.118. The summed E-state index contributed by atoms with van der Waals surface area (Å²) in [6.07, 6.45) is 2.47. The molecule has 0 N–H and O–H groups in total. The highest BCUT2D eigenvalue weighted by Crippen LogP contribution is 2.34. The van der Waals surface area contributed by atoms with E-state index in [4.69, 9.17) is 0 Å². The Bertz CT molecular complexity index is 643. The fourth-order valence-corrected chi connectivity index (χ4v) is 2.46.